The van der Waals surface area contributed by atoms with Crippen molar-refractivity contribution in [3.8, 4) is 0 Å². The maximum atomic E-state index is 12.3. The number of nitrogens with zero attached hydrogens (tertiary/aromatic N) is 1. The van der Waals surface area contributed by atoms with Crippen LogP contribution in [0.15, 0.2) is 18.3 Å². The fraction of sp³-hybridized carbons (Fsp3) is 0.500. The highest BCUT2D eigenvalue weighted by Crippen LogP contribution is 2.35. The number of hydrogen-bond donors (Lipinski definition) is 2. The number of aromatic nitrogens is 1. The van der Waals surface area contributed by atoms with Crippen molar-refractivity contribution in [3.05, 3.63) is 23.9 Å². The van der Waals surface area contributed by atoms with E-state index >= 15 is 0 Å². The molecule has 3 unspecified atom stereocenters. The van der Waals surface area contributed by atoms with E-state index in [-0.39, 0.29) is 11.7 Å². The molecule has 2 aliphatic heterocycles. The van der Waals surface area contributed by atoms with E-state index in [0.717, 1.165) is 12.8 Å². The van der Waals surface area contributed by atoms with Gasteiger partial charge < -0.3 is 11.1 Å². The molecule has 3 rings (SSSR count). The fourth-order valence-electron chi connectivity index (χ4n) is 2.94. The Balaban J connectivity index is 1.86. The van der Waals surface area contributed by atoms with Gasteiger partial charge in [-0.1, -0.05) is 0 Å². The van der Waals surface area contributed by atoms with Crippen LogP contribution in [-0.2, 0) is 0 Å². The first kappa shape index (κ1) is 9.78. The molecule has 0 radical (unpaired) electrons. The largest absolute Gasteiger partial charge is 0.383 e. The molecular formula is C12H15N3O. The molecule has 2 bridgehead atoms. The van der Waals surface area contributed by atoms with Crippen LogP contribution in [0.3, 0.4) is 0 Å². The van der Waals surface area contributed by atoms with E-state index in [1.807, 2.05) is 0 Å². The quantitative estimate of drug-likeness (QED) is 0.725. The Bertz CT molecular complexity index is 432. The zero-order valence-electron chi connectivity index (χ0n) is 9.02. The summed E-state index contributed by atoms with van der Waals surface area (Å²) < 4.78 is 0. The van der Waals surface area contributed by atoms with E-state index in [2.05, 4.69) is 10.3 Å². The Kier molecular flexibility index (Phi) is 2.17. The van der Waals surface area contributed by atoms with Gasteiger partial charge in [-0.3, -0.25) is 4.79 Å². The minimum Gasteiger partial charge on any atom is -0.383 e. The average molecular weight is 217 g/mol. The maximum absolute atomic E-state index is 12.3. The molecule has 0 aromatic carbocycles. The molecule has 1 aromatic heterocycles. The molecule has 0 spiro atoms. The number of hydrogen-bond acceptors (Lipinski definition) is 4. The van der Waals surface area contributed by atoms with Crippen molar-refractivity contribution in [2.75, 3.05) is 5.73 Å². The van der Waals surface area contributed by atoms with Gasteiger partial charge in [0.2, 0.25) is 0 Å². The van der Waals surface area contributed by atoms with Gasteiger partial charge in [0.25, 0.3) is 0 Å². The van der Waals surface area contributed by atoms with Gasteiger partial charge in [-0.05, 0) is 31.4 Å². The molecule has 3 atom stereocenters. The molecule has 0 aliphatic carbocycles. The molecule has 3 heterocycles. The Hall–Kier alpha value is -1.42. The molecule has 2 saturated heterocycles. The van der Waals surface area contributed by atoms with Crippen LogP contribution in [0.25, 0.3) is 0 Å². The Morgan fingerprint density at radius 2 is 2.38 bits per heavy atom. The fourth-order valence-corrected chi connectivity index (χ4v) is 2.94. The summed E-state index contributed by atoms with van der Waals surface area (Å²) in [4.78, 5) is 16.3. The van der Waals surface area contributed by atoms with Crippen molar-refractivity contribution in [1.82, 2.24) is 10.3 Å². The maximum Gasteiger partial charge on any atom is 0.171 e. The second-order valence-electron chi connectivity index (χ2n) is 4.69. The summed E-state index contributed by atoms with van der Waals surface area (Å²) in [5.41, 5.74) is 6.32. The molecule has 16 heavy (non-hydrogen) atoms. The molecule has 4 heteroatoms. The number of nitrogens with two attached hydrogens (primary N) is 1. The van der Waals surface area contributed by atoms with Crippen molar-refractivity contribution in [2.24, 2.45) is 5.92 Å². The normalized spacial score (nSPS) is 31.9. The van der Waals surface area contributed by atoms with E-state index in [9.17, 15) is 4.79 Å². The Labute approximate surface area is 94.2 Å². The van der Waals surface area contributed by atoms with Gasteiger partial charge in [0, 0.05) is 24.2 Å². The average Bonchev–Trinajstić information content (AvgIpc) is 2.90. The van der Waals surface area contributed by atoms with E-state index in [4.69, 9.17) is 5.73 Å². The lowest BCUT2D eigenvalue weighted by Crippen LogP contribution is -2.29. The first-order chi connectivity index (χ1) is 7.75. The molecule has 3 N–H and O–H groups in total. The number of carbonyl (C=O) groups excluding carboxylic acids is 1. The van der Waals surface area contributed by atoms with Crippen molar-refractivity contribution >= 4 is 11.6 Å². The number of ketones is 1. The highest BCUT2D eigenvalue weighted by Gasteiger charge is 2.43. The number of nitrogen functional groups attached to an aromatic ring is 1. The van der Waals surface area contributed by atoms with Crippen molar-refractivity contribution in [2.45, 2.75) is 31.3 Å². The number of Topliss-reactive ketones (excluding diaryl/α,β-unsaturated/α-hetero) is 1. The Morgan fingerprint density at radius 1 is 1.50 bits per heavy atom. The summed E-state index contributed by atoms with van der Waals surface area (Å²) in [6.07, 6.45) is 4.89. The molecule has 0 saturated carbocycles. The number of nitrogens with one attached hydrogen (secondary N) is 1. The lowest BCUT2D eigenvalue weighted by molar-refractivity contribution is 0.0901. The molecule has 4 nitrogen and oxygen atoms in total. The van der Waals surface area contributed by atoms with Gasteiger partial charge in [0.15, 0.2) is 5.78 Å². The topological polar surface area (TPSA) is 68.0 Å². The van der Waals surface area contributed by atoms with Gasteiger partial charge in [-0.15, -0.1) is 0 Å². The SMILES string of the molecule is Nc1ncccc1C(=O)C1CC2CCC1N2. The molecule has 84 valence electrons. The summed E-state index contributed by atoms with van der Waals surface area (Å²) in [6.45, 7) is 0. The van der Waals surface area contributed by atoms with Crippen LogP contribution in [0.1, 0.15) is 29.6 Å². The standard InChI is InChI=1S/C12H15N3O/c13-12-8(2-1-5-14-12)11(16)9-6-7-3-4-10(9)15-7/h1-2,5,7,9-10,15H,3-4,6H2,(H2,13,14). The van der Waals surface area contributed by atoms with Crippen molar-refractivity contribution < 1.29 is 4.79 Å². The number of carbonyl (C=O) groups is 1. The summed E-state index contributed by atoms with van der Waals surface area (Å²) in [5, 5.41) is 3.47. The predicted octanol–water partition coefficient (Wildman–Crippen LogP) is 0.987. The van der Waals surface area contributed by atoms with Crippen LogP contribution >= 0.6 is 0 Å². The molecule has 0 amide bonds. The van der Waals surface area contributed by atoms with E-state index < -0.39 is 0 Å². The molecule has 1 aromatic rings. The third-order valence-corrected chi connectivity index (χ3v) is 3.74. The van der Waals surface area contributed by atoms with Gasteiger partial charge in [0.05, 0.1) is 5.56 Å². The summed E-state index contributed by atoms with van der Waals surface area (Å²) in [6, 6.07) is 4.44. The lowest BCUT2D eigenvalue weighted by Gasteiger charge is -2.19. The van der Waals surface area contributed by atoms with Gasteiger partial charge in [-0.25, -0.2) is 4.98 Å². The first-order valence-electron chi connectivity index (χ1n) is 5.76. The van der Waals surface area contributed by atoms with Gasteiger partial charge >= 0.3 is 0 Å². The van der Waals surface area contributed by atoms with E-state index in [0.29, 0.717) is 23.5 Å². The molecular weight excluding hydrogens is 202 g/mol. The van der Waals surface area contributed by atoms with Crippen LogP contribution in [0.2, 0.25) is 0 Å². The summed E-state index contributed by atoms with van der Waals surface area (Å²) in [5.74, 6) is 0.617. The van der Waals surface area contributed by atoms with E-state index in [1.165, 1.54) is 6.42 Å². The van der Waals surface area contributed by atoms with Crippen LogP contribution in [-0.4, -0.2) is 22.9 Å². The lowest BCUT2D eigenvalue weighted by atomic mass is 9.84. The number of rotatable bonds is 2. The monoisotopic (exact) mass is 217 g/mol. The molecule has 2 fully saturated rings. The second kappa shape index (κ2) is 3.56. The smallest absolute Gasteiger partial charge is 0.171 e. The zero-order valence-corrected chi connectivity index (χ0v) is 9.02. The predicted molar refractivity (Wildman–Crippen MR) is 61.0 cm³/mol. The highest BCUT2D eigenvalue weighted by atomic mass is 16.1. The third kappa shape index (κ3) is 1.41. The zero-order chi connectivity index (χ0) is 11.1. The summed E-state index contributed by atoms with van der Waals surface area (Å²) >= 11 is 0. The van der Waals surface area contributed by atoms with Crippen LogP contribution < -0.4 is 11.1 Å². The second-order valence-corrected chi connectivity index (χ2v) is 4.69. The first-order valence-corrected chi connectivity index (χ1v) is 5.76. The van der Waals surface area contributed by atoms with Gasteiger partial charge in [-0.2, -0.15) is 0 Å². The third-order valence-electron chi connectivity index (χ3n) is 3.74. The minimum absolute atomic E-state index is 0.102. The van der Waals surface area contributed by atoms with E-state index in [1.54, 1.807) is 18.3 Å². The number of anilines is 1. The summed E-state index contributed by atoms with van der Waals surface area (Å²) in [7, 11) is 0. The van der Waals surface area contributed by atoms with Crippen molar-refractivity contribution in [1.29, 1.82) is 0 Å². The highest BCUT2D eigenvalue weighted by molar-refractivity contribution is 6.02. The number of pyridine rings is 1. The van der Waals surface area contributed by atoms with Crippen molar-refractivity contribution in [3.63, 3.8) is 0 Å². The Morgan fingerprint density at radius 3 is 3.00 bits per heavy atom. The van der Waals surface area contributed by atoms with Crippen LogP contribution in [0.4, 0.5) is 5.82 Å². The number of fused-ring (bicyclic) bond motifs is 2. The molecule has 2 aliphatic rings. The van der Waals surface area contributed by atoms with Gasteiger partial charge in [0.1, 0.15) is 5.82 Å². The van der Waals surface area contributed by atoms with Crippen LogP contribution in [0, 0.1) is 5.92 Å². The van der Waals surface area contributed by atoms with Crippen LogP contribution in [0.5, 0.6) is 0 Å². The minimum atomic E-state index is 0.102.